The smallest absolute Gasteiger partial charge is 0.218 e. The van der Waals surface area contributed by atoms with Gasteiger partial charge in [-0.15, -0.1) is 0 Å². The molecule has 2 heterocycles. The van der Waals surface area contributed by atoms with Crippen molar-refractivity contribution in [3.05, 3.63) is 23.7 Å². The molecule has 2 aromatic rings. The number of aliphatic hydroxyl groups excluding tert-OH is 1. The number of aryl methyl sites for hydroxylation is 1. The van der Waals surface area contributed by atoms with Gasteiger partial charge in [0.25, 0.3) is 0 Å². The molecular formula is C15H25N5O2. The molecule has 22 heavy (non-hydrogen) atoms. The Morgan fingerprint density at radius 1 is 1.27 bits per heavy atom. The molecule has 0 unspecified atom stereocenters. The Bertz CT molecular complexity index is 569. The molecule has 2 rings (SSSR count). The van der Waals surface area contributed by atoms with Crippen molar-refractivity contribution in [1.82, 2.24) is 20.2 Å². The Kier molecular flexibility index (Phi) is 7.31. The van der Waals surface area contributed by atoms with E-state index < -0.39 is 0 Å². The molecule has 0 aromatic carbocycles. The normalized spacial score (nSPS) is 10.1. The fraction of sp³-hybridized carbons (Fsp3) is 0.533. The van der Waals surface area contributed by atoms with Crippen LogP contribution < -0.4 is 10.1 Å². The van der Waals surface area contributed by atoms with Gasteiger partial charge in [-0.2, -0.15) is 10.1 Å². The second-order valence-corrected chi connectivity index (χ2v) is 5.21. The molecular weight excluding hydrogens is 282 g/mol. The first-order chi connectivity index (χ1) is 10.5. The molecule has 0 atom stereocenters. The van der Waals surface area contributed by atoms with E-state index in [-0.39, 0.29) is 6.61 Å². The van der Waals surface area contributed by atoms with Gasteiger partial charge in [-0.25, -0.2) is 4.98 Å². The molecule has 0 spiro atoms. The van der Waals surface area contributed by atoms with Crippen LogP contribution in [0.5, 0.6) is 5.88 Å². The number of hydrogen-bond acceptors (Lipinski definition) is 6. The van der Waals surface area contributed by atoms with Crippen molar-refractivity contribution in [2.24, 2.45) is 5.92 Å². The average Bonchev–Trinajstić information content (AvgIpc) is 2.94. The molecule has 0 radical (unpaired) electrons. The highest BCUT2D eigenvalue weighted by molar-refractivity contribution is 5.52. The number of rotatable bonds is 5. The molecule has 7 heteroatoms. The highest BCUT2D eigenvalue weighted by Crippen LogP contribution is 2.17. The second-order valence-electron chi connectivity index (χ2n) is 5.21. The lowest BCUT2D eigenvalue weighted by atomic mass is 10.2. The van der Waals surface area contributed by atoms with Gasteiger partial charge in [0, 0.05) is 12.1 Å². The monoisotopic (exact) mass is 307 g/mol. The van der Waals surface area contributed by atoms with Crippen LogP contribution in [-0.4, -0.2) is 32.4 Å². The average molecular weight is 307 g/mol. The molecule has 0 saturated carbocycles. The van der Waals surface area contributed by atoms with E-state index in [1.165, 1.54) is 6.42 Å². The van der Waals surface area contributed by atoms with Crippen LogP contribution in [0.25, 0.3) is 0 Å². The van der Waals surface area contributed by atoms with E-state index in [0.29, 0.717) is 29.0 Å². The molecule has 0 aliphatic heterocycles. The van der Waals surface area contributed by atoms with E-state index in [2.05, 4.69) is 46.3 Å². The summed E-state index contributed by atoms with van der Waals surface area (Å²) in [6, 6.07) is 3.37. The zero-order valence-electron chi connectivity index (χ0n) is 13.8. The van der Waals surface area contributed by atoms with E-state index >= 15 is 0 Å². The molecule has 122 valence electrons. The first kappa shape index (κ1) is 17.9. The van der Waals surface area contributed by atoms with E-state index in [0.717, 1.165) is 5.92 Å². The summed E-state index contributed by atoms with van der Waals surface area (Å²) in [5.74, 6) is 3.14. The predicted molar refractivity (Wildman–Crippen MR) is 86.2 cm³/mol. The number of hydrogen-bond donors (Lipinski definition) is 3. The third-order valence-electron chi connectivity index (χ3n) is 2.90. The summed E-state index contributed by atoms with van der Waals surface area (Å²) in [6.45, 7) is 8.34. The molecule has 0 aliphatic carbocycles. The van der Waals surface area contributed by atoms with E-state index in [1.807, 2.05) is 0 Å². The van der Waals surface area contributed by atoms with Crippen molar-refractivity contribution >= 4 is 11.6 Å². The summed E-state index contributed by atoms with van der Waals surface area (Å²) in [6.07, 6.45) is 1.31. The number of aliphatic hydroxyl groups is 1. The lowest BCUT2D eigenvalue weighted by Gasteiger charge is -2.05. The summed E-state index contributed by atoms with van der Waals surface area (Å²) >= 11 is 0. The van der Waals surface area contributed by atoms with Crippen LogP contribution in [0.3, 0.4) is 0 Å². The van der Waals surface area contributed by atoms with Gasteiger partial charge >= 0.3 is 0 Å². The van der Waals surface area contributed by atoms with Crippen LogP contribution >= 0.6 is 0 Å². The standard InChI is InChI=1S/C10H13N5O2.C5H12/c1-6-11-8(4-10(12-6)17-2)13-9-3-7(5-16)14-15-9;1-4-5(2)3/h3-4,16H,5H2,1-2H3,(H2,11,12,13,14,15);5H,4H2,1-3H3. The molecule has 7 nitrogen and oxygen atoms in total. The first-order valence-electron chi connectivity index (χ1n) is 7.30. The highest BCUT2D eigenvalue weighted by Gasteiger charge is 2.04. The summed E-state index contributed by atoms with van der Waals surface area (Å²) in [4.78, 5) is 8.27. The molecule has 0 aliphatic rings. The van der Waals surface area contributed by atoms with Gasteiger partial charge in [0.2, 0.25) is 5.88 Å². The molecule has 0 fully saturated rings. The topological polar surface area (TPSA) is 95.9 Å². The van der Waals surface area contributed by atoms with Gasteiger partial charge < -0.3 is 15.2 Å². The SMILES string of the molecule is CCC(C)C.COc1cc(Nc2cc(CO)[nH]n2)nc(C)n1. The van der Waals surface area contributed by atoms with Crippen LogP contribution in [0, 0.1) is 12.8 Å². The summed E-state index contributed by atoms with van der Waals surface area (Å²) in [5, 5.41) is 18.5. The van der Waals surface area contributed by atoms with Gasteiger partial charge in [-0.3, -0.25) is 5.10 Å². The maximum absolute atomic E-state index is 8.90. The minimum absolute atomic E-state index is 0.0825. The van der Waals surface area contributed by atoms with Crippen LogP contribution in [0.2, 0.25) is 0 Å². The van der Waals surface area contributed by atoms with Gasteiger partial charge in [0.05, 0.1) is 19.4 Å². The van der Waals surface area contributed by atoms with Crippen LogP contribution in [-0.2, 0) is 6.61 Å². The van der Waals surface area contributed by atoms with E-state index in [9.17, 15) is 0 Å². The van der Waals surface area contributed by atoms with Gasteiger partial charge in [0.1, 0.15) is 11.6 Å². The third-order valence-corrected chi connectivity index (χ3v) is 2.90. The number of aromatic nitrogens is 4. The van der Waals surface area contributed by atoms with Crippen LogP contribution in [0.4, 0.5) is 11.6 Å². The first-order valence-corrected chi connectivity index (χ1v) is 7.30. The minimum atomic E-state index is -0.0825. The zero-order chi connectivity index (χ0) is 16.5. The third kappa shape index (κ3) is 6.09. The number of ether oxygens (including phenoxy) is 1. The number of H-pyrrole nitrogens is 1. The van der Waals surface area contributed by atoms with E-state index in [1.54, 1.807) is 26.2 Å². The number of nitrogens with zero attached hydrogens (tertiary/aromatic N) is 3. The second kappa shape index (κ2) is 8.99. The number of anilines is 2. The molecule has 2 aromatic heterocycles. The Balaban J connectivity index is 0.000000422. The number of methoxy groups -OCH3 is 1. The fourth-order valence-electron chi connectivity index (χ4n) is 1.35. The predicted octanol–water partition coefficient (Wildman–Crippen LogP) is 2.81. The Morgan fingerprint density at radius 3 is 2.45 bits per heavy atom. The molecule has 3 N–H and O–H groups in total. The Labute approximate surface area is 131 Å². The van der Waals surface area contributed by atoms with Crippen molar-refractivity contribution in [2.75, 3.05) is 12.4 Å². The van der Waals surface area contributed by atoms with E-state index in [4.69, 9.17) is 9.84 Å². The maximum atomic E-state index is 8.90. The van der Waals surface area contributed by atoms with Crippen molar-refractivity contribution < 1.29 is 9.84 Å². The number of aromatic amines is 1. The van der Waals surface area contributed by atoms with Gasteiger partial charge in [-0.1, -0.05) is 27.2 Å². The maximum Gasteiger partial charge on any atom is 0.218 e. The molecule has 0 bridgehead atoms. The van der Waals surface area contributed by atoms with Crippen molar-refractivity contribution in [3.63, 3.8) is 0 Å². The fourth-order valence-corrected chi connectivity index (χ4v) is 1.35. The zero-order valence-corrected chi connectivity index (χ0v) is 13.8. The van der Waals surface area contributed by atoms with Crippen LogP contribution in [0.15, 0.2) is 12.1 Å². The van der Waals surface area contributed by atoms with Crippen LogP contribution in [0.1, 0.15) is 38.7 Å². The van der Waals surface area contributed by atoms with Gasteiger partial charge in [-0.05, 0) is 12.8 Å². The lowest BCUT2D eigenvalue weighted by molar-refractivity contribution is 0.276. The Morgan fingerprint density at radius 2 is 1.95 bits per heavy atom. The summed E-state index contributed by atoms with van der Waals surface area (Å²) in [5.41, 5.74) is 0.630. The van der Waals surface area contributed by atoms with Gasteiger partial charge in [0.15, 0.2) is 5.82 Å². The summed E-state index contributed by atoms with van der Waals surface area (Å²) in [7, 11) is 1.55. The molecule has 0 amide bonds. The van der Waals surface area contributed by atoms with Crippen molar-refractivity contribution in [2.45, 2.75) is 40.7 Å². The highest BCUT2D eigenvalue weighted by atomic mass is 16.5. The largest absolute Gasteiger partial charge is 0.481 e. The minimum Gasteiger partial charge on any atom is -0.481 e. The van der Waals surface area contributed by atoms with Crippen molar-refractivity contribution in [3.8, 4) is 5.88 Å². The number of nitrogens with one attached hydrogen (secondary N) is 2. The molecule has 0 saturated heterocycles. The quantitative estimate of drug-likeness (QED) is 0.786. The lowest BCUT2D eigenvalue weighted by Crippen LogP contribution is -1.99. The van der Waals surface area contributed by atoms with Crippen molar-refractivity contribution in [1.29, 1.82) is 0 Å². The summed E-state index contributed by atoms with van der Waals surface area (Å²) < 4.78 is 5.04. The Hall–Kier alpha value is -2.15.